The molecule has 9 heteroatoms. The summed E-state index contributed by atoms with van der Waals surface area (Å²) in [7, 11) is 0. The number of piperidine rings is 1. The van der Waals surface area contributed by atoms with Gasteiger partial charge >= 0.3 is 6.03 Å². The second kappa shape index (κ2) is 7.57. The van der Waals surface area contributed by atoms with Crippen LogP contribution in [0.4, 0.5) is 4.79 Å². The molecule has 8 nitrogen and oxygen atoms in total. The molecule has 2 bridgehead atoms. The number of hydrogen-bond donors (Lipinski definition) is 2. The SMILES string of the molecule is NC(=O)N[C@@H]1C[C@H]2CC[C@@H](C1)N2Cc1ccc(Oc2nc3nccnc3s2)cc1. The Labute approximate surface area is 172 Å². The number of ether oxygens (including phenoxy) is 1. The van der Waals surface area contributed by atoms with Crippen molar-refractivity contribution in [1.29, 1.82) is 0 Å². The van der Waals surface area contributed by atoms with E-state index in [2.05, 4.69) is 37.3 Å². The van der Waals surface area contributed by atoms with Crippen LogP contribution in [0.5, 0.6) is 10.9 Å². The zero-order valence-electron chi connectivity index (χ0n) is 15.8. The van der Waals surface area contributed by atoms with Gasteiger partial charge in [-0.2, -0.15) is 4.98 Å². The summed E-state index contributed by atoms with van der Waals surface area (Å²) < 4.78 is 5.88. The Kier molecular flexibility index (Phi) is 4.76. The Morgan fingerprint density at radius 1 is 1.17 bits per heavy atom. The van der Waals surface area contributed by atoms with Crippen LogP contribution in [0.3, 0.4) is 0 Å². The maximum absolute atomic E-state index is 11.2. The van der Waals surface area contributed by atoms with Gasteiger partial charge in [0.1, 0.15) is 5.75 Å². The molecule has 0 spiro atoms. The van der Waals surface area contributed by atoms with Crippen molar-refractivity contribution in [3.05, 3.63) is 42.2 Å². The van der Waals surface area contributed by atoms with Gasteiger partial charge in [0.2, 0.25) is 0 Å². The molecule has 2 fully saturated rings. The molecule has 2 amide bonds. The van der Waals surface area contributed by atoms with Gasteiger partial charge in [0.25, 0.3) is 5.19 Å². The average molecular weight is 411 g/mol. The average Bonchev–Trinajstić information content (AvgIpc) is 3.20. The fourth-order valence-corrected chi connectivity index (χ4v) is 5.27. The second-order valence-electron chi connectivity index (χ2n) is 7.65. The number of fused-ring (bicyclic) bond motifs is 3. The molecular weight excluding hydrogens is 388 g/mol. The molecule has 150 valence electrons. The minimum atomic E-state index is -0.418. The molecule has 2 aliphatic heterocycles. The van der Waals surface area contributed by atoms with Crippen molar-refractivity contribution in [3.63, 3.8) is 0 Å². The highest BCUT2D eigenvalue weighted by Gasteiger charge is 2.40. The van der Waals surface area contributed by atoms with Crippen LogP contribution in [0.15, 0.2) is 36.7 Å². The molecule has 1 aromatic carbocycles. The van der Waals surface area contributed by atoms with Gasteiger partial charge in [0, 0.05) is 37.1 Å². The lowest BCUT2D eigenvalue weighted by atomic mass is 9.96. The quantitative estimate of drug-likeness (QED) is 0.670. The number of thiazole rings is 1. The normalized spacial score (nSPS) is 23.9. The number of primary amides is 1. The van der Waals surface area contributed by atoms with Gasteiger partial charge < -0.3 is 15.8 Å². The third kappa shape index (κ3) is 3.88. The molecule has 2 saturated heterocycles. The monoisotopic (exact) mass is 410 g/mol. The highest BCUT2D eigenvalue weighted by molar-refractivity contribution is 7.19. The van der Waals surface area contributed by atoms with Crippen LogP contribution in [0.2, 0.25) is 0 Å². The number of carbonyl (C=O) groups excluding carboxylic acids is 1. The van der Waals surface area contributed by atoms with Gasteiger partial charge in [-0.15, -0.1) is 0 Å². The van der Waals surface area contributed by atoms with E-state index in [1.807, 2.05) is 12.1 Å². The topological polar surface area (TPSA) is 106 Å². The predicted molar refractivity (Wildman–Crippen MR) is 110 cm³/mol. The largest absolute Gasteiger partial charge is 0.431 e. The van der Waals surface area contributed by atoms with Crippen molar-refractivity contribution in [1.82, 2.24) is 25.2 Å². The molecule has 4 heterocycles. The second-order valence-corrected chi connectivity index (χ2v) is 8.59. The summed E-state index contributed by atoms with van der Waals surface area (Å²) in [6.45, 7) is 0.911. The van der Waals surface area contributed by atoms with Gasteiger partial charge in [0.15, 0.2) is 10.5 Å². The van der Waals surface area contributed by atoms with Gasteiger partial charge in [-0.25, -0.2) is 14.8 Å². The van der Waals surface area contributed by atoms with E-state index in [-0.39, 0.29) is 6.04 Å². The molecule has 3 aromatic rings. The zero-order valence-corrected chi connectivity index (χ0v) is 16.6. The van der Waals surface area contributed by atoms with E-state index in [0.717, 1.165) is 30.0 Å². The highest BCUT2D eigenvalue weighted by Crippen LogP contribution is 2.37. The number of nitrogens with one attached hydrogen (secondary N) is 1. The van der Waals surface area contributed by atoms with Crippen molar-refractivity contribution >= 4 is 27.8 Å². The number of carbonyl (C=O) groups is 1. The van der Waals surface area contributed by atoms with Crippen molar-refractivity contribution < 1.29 is 9.53 Å². The number of aromatic nitrogens is 3. The molecule has 2 aromatic heterocycles. The smallest absolute Gasteiger partial charge is 0.312 e. The maximum atomic E-state index is 11.2. The van der Waals surface area contributed by atoms with Gasteiger partial charge in [-0.1, -0.05) is 23.5 Å². The standard InChI is InChI=1S/C20H22N6O2S/c21-19(27)24-13-9-14-3-4-15(10-13)26(14)11-12-1-5-16(6-2-12)28-20-25-17-18(29-20)23-8-7-22-17/h1-2,5-8,13-15H,3-4,9-11H2,(H3,21,24,27)/t13-,14-,15+. The van der Waals surface area contributed by atoms with E-state index >= 15 is 0 Å². The van der Waals surface area contributed by atoms with E-state index in [1.54, 1.807) is 12.4 Å². The minimum absolute atomic E-state index is 0.204. The first-order valence-corrected chi connectivity index (χ1v) is 10.6. The van der Waals surface area contributed by atoms with Crippen LogP contribution in [0.1, 0.15) is 31.2 Å². The Balaban J connectivity index is 1.22. The first-order chi connectivity index (χ1) is 14.1. The molecule has 0 aliphatic carbocycles. The van der Waals surface area contributed by atoms with Crippen LogP contribution < -0.4 is 15.8 Å². The summed E-state index contributed by atoms with van der Waals surface area (Å²) in [4.78, 5) is 27.3. The lowest BCUT2D eigenvalue weighted by Crippen LogP contribution is -2.51. The van der Waals surface area contributed by atoms with Gasteiger partial charge in [0.05, 0.1) is 0 Å². The van der Waals surface area contributed by atoms with E-state index in [1.165, 1.54) is 29.7 Å². The Bertz CT molecular complexity index is 976. The first kappa shape index (κ1) is 18.3. The summed E-state index contributed by atoms with van der Waals surface area (Å²) in [5, 5.41) is 3.43. The summed E-state index contributed by atoms with van der Waals surface area (Å²) in [5.41, 5.74) is 7.16. The Morgan fingerprint density at radius 2 is 1.90 bits per heavy atom. The predicted octanol–water partition coefficient (Wildman–Crippen LogP) is 3.04. The molecule has 0 radical (unpaired) electrons. The lowest BCUT2D eigenvalue weighted by Gasteiger charge is -2.39. The van der Waals surface area contributed by atoms with E-state index < -0.39 is 6.03 Å². The minimum Gasteiger partial charge on any atom is -0.431 e. The molecule has 5 rings (SSSR count). The number of rotatable bonds is 5. The van der Waals surface area contributed by atoms with Crippen LogP contribution in [0, 0.1) is 0 Å². The van der Waals surface area contributed by atoms with Crippen molar-refractivity contribution in [2.75, 3.05) is 0 Å². The van der Waals surface area contributed by atoms with Crippen LogP contribution in [0.25, 0.3) is 10.5 Å². The van der Waals surface area contributed by atoms with Gasteiger partial charge in [-0.05, 0) is 43.4 Å². The molecule has 29 heavy (non-hydrogen) atoms. The van der Waals surface area contributed by atoms with Crippen LogP contribution in [-0.2, 0) is 6.54 Å². The van der Waals surface area contributed by atoms with E-state index in [9.17, 15) is 4.79 Å². The molecule has 0 unspecified atom stereocenters. The molecule has 3 N–H and O–H groups in total. The number of urea groups is 1. The Morgan fingerprint density at radius 3 is 2.59 bits per heavy atom. The number of hydrogen-bond acceptors (Lipinski definition) is 7. The fourth-order valence-electron chi connectivity index (χ4n) is 4.53. The highest BCUT2D eigenvalue weighted by atomic mass is 32.1. The number of amides is 2. The van der Waals surface area contributed by atoms with Gasteiger partial charge in [-0.3, -0.25) is 4.90 Å². The molecule has 2 aliphatic rings. The number of benzene rings is 1. The van der Waals surface area contributed by atoms with Crippen LogP contribution in [-0.4, -0.2) is 44.0 Å². The van der Waals surface area contributed by atoms with Crippen molar-refractivity contribution in [2.24, 2.45) is 5.73 Å². The van der Waals surface area contributed by atoms with Crippen molar-refractivity contribution in [3.8, 4) is 10.9 Å². The first-order valence-electron chi connectivity index (χ1n) is 9.80. The molecule has 0 saturated carbocycles. The fraction of sp³-hybridized carbons (Fsp3) is 0.400. The Hall–Kier alpha value is -2.78. The van der Waals surface area contributed by atoms with E-state index in [4.69, 9.17) is 10.5 Å². The van der Waals surface area contributed by atoms with E-state index in [0.29, 0.717) is 22.9 Å². The lowest BCUT2D eigenvalue weighted by molar-refractivity contribution is 0.112. The third-order valence-corrected chi connectivity index (χ3v) is 6.58. The third-order valence-electron chi connectivity index (χ3n) is 5.75. The van der Waals surface area contributed by atoms with Crippen molar-refractivity contribution in [2.45, 2.75) is 50.4 Å². The van der Waals surface area contributed by atoms with Crippen LogP contribution >= 0.6 is 11.3 Å². The molecule has 3 atom stereocenters. The summed E-state index contributed by atoms with van der Waals surface area (Å²) in [5.74, 6) is 0.750. The zero-order chi connectivity index (χ0) is 19.8. The maximum Gasteiger partial charge on any atom is 0.312 e. The number of nitrogens with two attached hydrogens (primary N) is 1. The summed E-state index contributed by atoms with van der Waals surface area (Å²) >= 11 is 1.38. The summed E-state index contributed by atoms with van der Waals surface area (Å²) in [6.07, 6.45) is 7.59. The summed E-state index contributed by atoms with van der Waals surface area (Å²) in [6, 6.07) is 8.96. The molecular formula is C20H22N6O2S. The number of nitrogens with zero attached hydrogens (tertiary/aromatic N) is 4.